The molecule has 9 nitrogen and oxygen atoms in total. The summed E-state index contributed by atoms with van der Waals surface area (Å²) in [5.74, 6) is 2.15. The average molecular weight is 697 g/mol. The molecule has 0 aliphatic carbocycles. The Hall–Kier alpha value is -1.02. The number of hydrogen-bond acceptors (Lipinski definition) is 9. The van der Waals surface area contributed by atoms with Crippen LogP contribution in [0.4, 0.5) is 5.88 Å². The van der Waals surface area contributed by atoms with Crippen molar-refractivity contribution in [1.29, 1.82) is 5.26 Å². The maximum Gasteiger partial charge on any atom is 0.475 e. The van der Waals surface area contributed by atoms with Crippen LogP contribution < -0.4 is 14.4 Å². The van der Waals surface area contributed by atoms with Gasteiger partial charge in [-0.1, -0.05) is 69.6 Å². The lowest BCUT2D eigenvalue weighted by molar-refractivity contribution is 0.0689. The second-order valence-corrected chi connectivity index (χ2v) is 15.1. The van der Waals surface area contributed by atoms with E-state index in [4.69, 9.17) is 97.1 Å². The first kappa shape index (κ1) is 33.5. The Kier molecular flexibility index (Phi) is 12.1. The van der Waals surface area contributed by atoms with Gasteiger partial charge in [0.25, 0.3) is 0 Å². The molecule has 0 saturated carbocycles. The number of nitrogens with zero attached hydrogens (tertiary/aromatic N) is 2. The molecule has 220 valence electrons. The van der Waals surface area contributed by atoms with E-state index >= 15 is 0 Å². The fourth-order valence-corrected chi connectivity index (χ4v) is 5.94. The lowest BCUT2D eigenvalue weighted by Gasteiger charge is -2.33. The highest BCUT2D eigenvalue weighted by molar-refractivity contribution is 7.48. The minimum Gasteiger partial charge on any atom is -0.493 e. The van der Waals surface area contributed by atoms with Crippen LogP contribution >= 0.6 is 77.4 Å². The number of benzene rings is 1. The normalized spacial score (nSPS) is 15.7. The van der Waals surface area contributed by atoms with Gasteiger partial charge in [-0.2, -0.15) is 5.26 Å². The number of hydrogen-bond donors (Lipinski definition) is 0. The number of phosphoric acid groups is 1. The quantitative estimate of drug-likeness (QED) is 0.131. The van der Waals surface area contributed by atoms with E-state index in [1.165, 1.54) is 14.2 Å². The smallest absolute Gasteiger partial charge is 0.475 e. The predicted molar refractivity (Wildman–Crippen MR) is 158 cm³/mol. The van der Waals surface area contributed by atoms with Crippen molar-refractivity contribution in [2.24, 2.45) is 0 Å². The first-order valence-corrected chi connectivity index (χ1v) is 15.4. The van der Waals surface area contributed by atoms with Crippen LogP contribution in [-0.4, -0.2) is 54.2 Å². The standard InChI is InChI=1S/C24H25Cl6N2O7P/c1-34-20-5-3-16(12-21(20)35-2)17(13-31)11-19-4-6-22(38-19)32-9-7-18(8-10-32)39-40(33,36-14-23(25,26)27)37-15-24(28,29)30/h3-6,11-12,18H,7-10,14-15H2,1-2H3/b17-11+. The third-order valence-electron chi connectivity index (χ3n) is 5.52. The van der Waals surface area contributed by atoms with E-state index in [0.717, 1.165) is 0 Å². The molecule has 1 aromatic heterocycles. The third kappa shape index (κ3) is 10.4. The molecule has 0 N–H and O–H groups in total. The van der Waals surface area contributed by atoms with Crippen LogP contribution in [0.5, 0.6) is 11.5 Å². The molecule has 0 spiro atoms. The number of rotatable bonds is 11. The Labute approximate surface area is 262 Å². The van der Waals surface area contributed by atoms with Gasteiger partial charge in [-0.15, -0.1) is 0 Å². The van der Waals surface area contributed by atoms with Gasteiger partial charge in [-0.05, 0) is 48.7 Å². The van der Waals surface area contributed by atoms with Crippen LogP contribution in [0.3, 0.4) is 0 Å². The molecule has 0 radical (unpaired) electrons. The average Bonchev–Trinajstić information content (AvgIpc) is 3.37. The van der Waals surface area contributed by atoms with E-state index in [9.17, 15) is 9.83 Å². The lowest BCUT2D eigenvalue weighted by atomic mass is 10.1. The Morgan fingerprint density at radius 2 is 1.62 bits per heavy atom. The van der Waals surface area contributed by atoms with Crippen molar-refractivity contribution in [3.63, 3.8) is 0 Å². The van der Waals surface area contributed by atoms with Crippen LogP contribution in [0.2, 0.25) is 0 Å². The summed E-state index contributed by atoms with van der Waals surface area (Å²) in [6.07, 6.45) is 2.01. The molecule has 1 aromatic carbocycles. The molecule has 0 unspecified atom stereocenters. The Morgan fingerprint density at radius 1 is 1.02 bits per heavy atom. The highest BCUT2D eigenvalue weighted by atomic mass is 35.6. The number of phosphoric ester groups is 1. The summed E-state index contributed by atoms with van der Waals surface area (Å²) in [7, 11) is -1.17. The minimum absolute atomic E-state index is 0.384. The van der Waals surface area contributed by atoms with Gasteiger partial charge >= 0.3 is 7.82 Å². The molecule has 0 atom stereocenters. The molecule has 1 fully saturated rings. The fraction of sp³-hybridized carbons (Fsp3) is 0.458. The fourth-order valence-electron chi connectivity index (χ4n) is 3.68. The van der Waals surface area contributed by atoms with E-state index in [1.807, 2.05) is 4.90 Å². The topological polar surface area (TPSA) is 103 Å². The summed E-state index contributed by atoms with van der Waals surface area (Å²) in [5.41, 5.74) is 1.03. The summed E-state index contributed by atoms with van der Waals surface area (Å²) in [6, 6.07) is 11.0. The number of methoxy groups -OCH3 is 2. The third-order valence-corrected chi connectivity index (χ3v) is 7.62. The molecule has 0 amide bonds. The van der Waals surface area contributed by atoms with Gasteiger partial charge < -0.3 is 18.8 Å². The zero-order chi connectivity index (χ0) is 29.6. The molecular weight excluding hydrogens is 672 g/mol. The monoisotopic (exact) mass is 694 g/mol. The number of alkyl halides is 6. The van der Waals surface area contributed by atoms with E-state index in [0.29, 0.717) is 60.2 Å². The van der Waals surface area contributed by atoms with Gasteiger partial charge in [0.2, 0.25) is 7.59 Å². The molecule has 1 aliphatic rings. The van der Waals surface area contributed by atoms with Gasteiger partial charge in [-0.3, -0.25) is 13.6 Å². The van der Waals surface area contributed by atoms with E-state index in [2.05, 4.69) is 6.07 Å². The lowest BCUT2D eigenvalue weighted by Crippen LogP contribution is -2.36. The number of furan rings is 1. The van der Waals surface area contributed by atoms with Crippen molar-refractivity contribution in [2.45, 2.75) is 26.5 Å². The highest BCUT2D eigenvalue weighted by Gasteiger charge is 2.38. The zero-order valence-electron chi connectivity index (χ0n) is 21.3. The Morgan fingerprint density at radius 3 is 2.15 bits per heavy atom. The summed E-state index contributed by atoms with van der Waals surface area (Å²) in [4.78, 5) is 1.98. The first-order valence-electron chi connectivity index (χ1n) is 11.6. The second-order valence-electron chi connectivity index (χ2n) is 8.43. The number of halogens is 6. The highest BCUT2D eigenvalue weighted by Crippen LogP contribution is 2.54. The summed E-state index contributed by atoms with van der Waals surface area (Å²) < 4.78 is 42.0. The van der Waals surface area contributed by atoms with E-state index in [-0.39, 0.29) is 0 Å². The van der Waals surface area contributed by atoms with Crippen LogP contribution in [0, 0.1) is 11.3 Å². The minimum atomic E-state index is -4.23. The first-order chi connectivity index (χ1) is 18.7. The van der Waals surface area contributed by atoms with Gasteiger partial charge in [0.1, 0.15) is 19.0 Å². The SMILES string of the molecule is COc1ccc(/C(C#N)=C/c2ccc(N3CCC(OP(=O)(OCC(Cl)(Cl)Cl)OCC(Cl)(Cl)Cl)CC3)o2)cc1OC. The van der Waals surface area contributed by atoms with Crippen LogP contribution in [0.1, 0.15) is 24.2 Å². The summed E-state index contributed by atoms with van der Waals surface area (Å²) in [6.45, 7) is -0.136. The molecule has 16 heteroatoms. The molecule has 2 aromatic rings. The number of allylic oxidation sites excluding steroid dienone is 1. The van der Waals surface area contributed by atoms with Gasteiger partial charge in [0, 0.05) is 19.2 Å². The molecule has 3 rings (SSSR count). The molecule has 2 heterocycles. The predicted octanol–water partition coefficient (Wildman–Crippen LogP) is 8.23. The van der Waals surface area contributed by atoms with Crippen LogP contribution in [-0.2, 0) is 18.1 Å². The number of nitriles is 1. The maximum atomic E-state index is 13.2. The van der Waals surface area contributed by atoms with Gasteiger partial charge in [-0.25, -0.2) is 4.57 Å². The molecule has 1 saturated heterocycles. The van der Waals surface area contributed by atoms with E-state index < -0.39 is 34.7 Å². The van der Waals surface area contributed by atoms with Crippen molar-refractivity contribution >= 4 is 95.0 Å². The zero-order valence-corrected chi connectivity index (χ0v) is 26.7. The van der Waals surface area contributed by atoms with Crippen LogP contribution in [0.15, 0.2) is 34.7 Å². The Balaban J connectivity index is 1.65. The van der Waals surface area contributed by atoms with Crippen molar-refractivity contribution in [2.75, 3.05) is 45.4 Å². The van der Waals surface area contributed by atoms with Crippen molar-refractivity contribution in [3.05, 3.63) is 41.7 Å². The van der Waals surface area contributed by atoms with Gasteiger partial charge in [0.05, 0.1) is 32.0 Å². The molecule has 0 bridgehead atoms. The molecule has 40 heavy (non-hydrogen) atoms. The largest absolute Gasteiger partial charge is 0.493 e. The maximum absolute atomic E-state index is 13.2. The summed E-state index contributed by atoms with van der Waals surface area (Å²) >= 11 is 34.2. The molecule has 1 aliphatic heterocycles. The Bertz CT molecular complexity index is 1240. The second kappa shape index (κ2) is 14.4. The number of piperidine rings is 1. The van der Waals surface area contributed by atoms with Crippen molar-refractivity contribution in [1.82, 2.24) is 0 Å². The van der Waals surface area contributed by atoms with Crippen molar-refractivity contribution in [3.8, 4) is 17.6 Å². The summed E-state index contributed by atoms with van der Waals surface area (Å²) in [5, 5.41) is 9.73. The molecular formula is C24H25Cl6N2O7P. The number of ether oxygens (including phenoxy) is 2. The van der Waals surface area contributed by atoms with Crippen molar-refractivity contribution < 1.29 is 32.0 Å². The number of anilines is 1. The van der Waals surface area contributed by atoms with Gasteiger partial charge in [0.15, 0.2) is 17.4 Å². The van der Waals surface area contributed by atoms with Crippen LogP contribution in [0.25, 0.3) is 11.6 Å². The van der Waals surface area contributed by atoms with E-state index in [1.54, 1.807) is 36.4 Å².